The van der Waals surface area contributed by atoms with Crippen LogP contribution in [0.1, 0.15) is 12.8 Å². The van der Waals surface area contributed by atoms with Crippen LogP contribution in [0.2, 0.25) is 0 Å². The quantitative estimate of drug-likeness (QED) is 0.727. The van der Waals surface area contributed by atoms with Gasteiger partial charge in [0.15, 0.2) is 0 Å². The van der Waals surface area contributed by atoms with E-state index in [4.69, 9.17) is 4.74 Å². The molecule has 0 saturated carbocycles. The van der Waals surface area contributed by atoms with Gasteiger partial charge < -0.3 is 19.7 Å². The van der Waals surface area contributed by atoms with Crippen LogP contribution in [-0.2, 0) is 11.3 Å². The zero-order valence-electron chi connectivity index (χ0n) is 13.9. The normalized spacial score (nSPS) is 19.3. The molecular formula is C20H25N2O2+. The predicted molar refractivity (Wildman–Crippen MR) is 96.1 cm³/mol. The molecule has 1 saturated heterocycles. The summed E-state index contributed by atoms with van der Waals surface area (Å²) in [6.45, 7) is 3.17. The van der Waals surface area contributed by atoms with Crippen molar-refractivity contribution in [3.05, 3.63) is 48.5 Å². The number of aromatic nitrogens is 1. The van der Waals surface area contributed by atoms with Crippen LogP contribution in [0.4, 0.5) is 0 Å². The number of aliphatic hydroxyl groups excluding tert-OH is 1. The molecule has 0 aliphatic carbocycles. The number of aliphatic hydroxyl groups is 1. The van der Waals surface area contributed by atoms with E-state index in [1.807, 2.05) is 0 Å². The minimum atomic E-state index is -0.370. The van der Waals surface area contributed by atoms with E-state index >= 15 is 0 Å². The van der Waals surface area contributed by atoms with Crippen LogP contribution in [0, 0.1) is 0 Å². The molecule has 3 N–H and O–H groups in total. The Labute approximate surface area is 142 Å². The second-order valence-corrected chi connectivity index (χ2v) is 6.69. The lowest BCUT2D eigenvalue weighted by Crippen LogP contribution is -2.88. The van der Waals surface area contributed by atoms with Gasteiger partial charge in [0.05, 0.1) is 6.54 Å². The van der Waals surface area contributed by atoms with Gasteiger partial charge in [-0.25, -0.2) is 0 Å². The Morgan fingerprint density at radius 1 is 1.08 bits per heavy atom. The average Bonchev–Trinajstić information content (AvgIpc) is 3.23. The van der Waals surface area contributed by atoms with Gasteiger partial charge in [0.1, 0.15) is 25.3 Å². The number of rotatable bonds is 6. The molecule has 1 aliphatic rings. The van der Waals surface area contributed by atoms with Gasteiger partial charge in [0, 0.05) is 28.4 Å². The Morgan fingerprint density at radius 3 is 2.38 bits per heavy atom. The minimum Gasteiger partial charge on any atom is -0.385 e. The number of benzene rings is 2. The third kappa shape index (κ3) is 3.05. The third-order valence-corrected chi connectivity index (χ3v) is 4.97. The van der Waals surface area contributed by atoms with Gasteiger partial charge in [0.2, 0.25) is 0 Å². The molecule has 0 bridgehead atoms. The lowest BCUT2D eigenvalue weighted by atomic mass is 10.2. The van der Waals surface area contributed by atoms with Crippen molar-refractivity contribution in [1.82, 2.24) is 4.57 Å². The fourth-order valence-electron chi connectivity index (χ4n) is 3.79. The molecule has 0 unspecified atom stereocenters. The molecular weight excluding hydrogens is 300 g/mol. The molecule has 2 heterocycles. The molecule has 2 atom stereocenters. The Hall–Kier alpha value is -1.88. The van der Waals surface area contributed by atoms with E-state index in [1.165, 1.54) is 28.2 Å². The highest BCUT2D eigenvalue weighted by Gasteiger charge is 2.18. The molecule has 0 radical (unpaired) electrons. The second-order valence-electron chi connectivity index (χ2n) is 6.69. The van der Waals surface area contributed by atoms with E-state index in [1.54, 1.807) is 0 Å². The van der Waals surface area contributed by atoms with Gasteiger partial charge in [-0.1, -0.05) is 36.4 Å². The number of hydrogen-bond acceptors (Lipinski definition) is 2. The zero-order valence-corrected chi connectivity index (χ0v) is 13.9. The molecule has 2 aromatic carbocycles. The van der Waals surface area contributed by atoms with Crippen LogP contribution >= 0.6 is 0 Å². The summed E-state index contributed by atoms with van der Waals surface area (Å²) in [6, 6.07) is 16.9. The maximum Gasteiger partial charge on any atom is 0.121 e. The van der Waals surface area contributed by atoms with Crippen LogP contribution in [0.5, 0.6) is 0 Å². The SMILES string of the molecule is O[C@@H](C[NH2+]C[C@H]1CCCO1)Cn1c2ccccc2c2ccccc21. The average molecular weight is 325 g/mol. The van der Waals surface area contributed by atoms with E-state index in [0.29, 0.717) is 19.2 Å². The van der Waals surface area contributed by atoms with Gasteiger partial charge in [-0.05, 0) is 25.0 Å². The van der Waals surface area contributed by atoms with Crippen molar-refractivity contribution in [2.45, 2.75) is 31.6 Å². The smallest absolute Gasteiger partial charge is 0.121 e. The first-order valence-corrected chi connectivity index (χ1v) is 8.90. The highest BCUT2D eigenvalue weighted by Crippen LogP contribution is 2.28. The molecule has 1 fully saturated rings. The molecule has 4 nitrogen and oxygen atoms in total. The number of hydrogen-bond donors (Lipinski definition) is 2. The van der Waals surface area contributed by atoms with Crippen molar-refractivity contribution < 1.29 is 15.2 Å². The zero-order chi connectivity index (χ0) is 16.4. The molecule has 126 valence electrons. The van der Waals surface area contributed by atoms with Crippen molar-refractivity contribution in [2.24, 2.45) is 0 Å². The van der Waals surface area contributed by atoms with Gasteiger partial charge in [0.25, 0.3) is 0 Å². The van der Waals surface area contributed by atoms with Crippen LogP contribution in [-0.4, -0.2) is 41.6 Å². The summed E-state index contributed by atoms with van der Waals surface area (Å²) >= 11 is 0. The lowest BCUT2D eigenvalue weighted by Gasteiger charge is -2.14. The Kier molecular flexibility index (Phi) is 4.52. The molecule has 0 spiro atoms. The first-order chi connectivity index (χ1) is 11.8. The Bertz CT molecular complexity index is 767. The van der Waals surface area contributed by atoms with Crippen LogP contribution in [0.3, 0.4) is 0 Å². The summed E-state index contributed by atoms with van der Waals surface area (Å²) in [6.07, 6.45) is 2.32. The first kappa shape index (κ1) is 15.6. The summed E-state index contributed by atoms with van der Waals surface area (Å²) in [5.74, 6) is 0. The summed E-state index contributed by atoms with van der Waals surface area (Å²) in [7, 11) is 0. The van der Waals surface area contributed by atoms with E-state index in [-0.39, 0.29) is 6.10 Å². The van der Waals surface area contributed by atoms with Crippen molar-refractivity contribution >= 4 is 21.8 Å². The van der Waals surface area contributed by atoms with E-state index < -0.39 is 0 Å². The fourth-order valence-corrected chi connectivity index (χ4v) is 3.79. The van der Waals surface area contributed by atoms with Crippen LogP contribution in [0.25, 0.3) is 21.8 Å². The summed E-state index contributed by atoms with van der Waals surface area (Å²) in [4.78, 5) is 0. The number of para-hydroxylation sites is 2. The monoisotopic (exact) mass is 325 g/mol. The summed E-state index contributed by atoms with van der Waals surface area (Å²) in [5.41, 5.74) is 2.38. The number of quaternary nitrogens is 1. The van der Waals surface area contributed by atoms with Crippen molar-refractivity contribution in [3.8, 4) is 0 Å². The lowest BCUT2D eigenvalue weighted by molar-refractivity contribution is -0.666. The van der Waals surface area contributed by atoms with Gasteiger partial charge in [-0.3, -0.25) is 0 Å². The van der Waals surface area contributed by atoms with E-state index in [2.05, 4.69) is 58.4 Å². The van der Waals surface area contributed by atoms with Crippen molar-refractivity contribution in [1.29, 1.82) is 0 Å². The first-order valence-electron chi connectivity index (χ1n) is 8.90. The molecule has 3 aromatic rings. The number of ether oxygens (including phenoxy) is 1. The number of fused-ring (bicyclic) bond motifs is 3. The van der Waals surface area contributed by atoms with Gasteiger partial charge >= 0.3 is 0 Å². The van der Waals surface area contributed by atoms with Crippen molar-refractivity contribution in [3.63, 3.8) is 0 Å². The minimum absolute atomic E-state index is 0.366. The maximum absolute atomic E-state index is 10.5. The fraction of sp³-hybridized carbons (Fsp3) is 0.400. The van der Waals surface area contributed by atoms with Crippen molar-refractivity contribution in [2.75, 3.05) is 19.7 Å². The molecule has 0 amide bonds. The van der Waals surface area contributed by atoms with Gasteiger partial charge in [-0.2, -0.15) is 0 Å². The predicted octanol–water partition coefficient (Wildman–Crippen LogP) is 1.90. The molecule has 1 aliphatic heterocycles. The topological polar surface area (TPSA) is 51.0 Å². The Balaban J connectivity index is 1.50. The van der Waals surface area contributed by atoms with E-state index in [9.17, 15) is 5.11 Å². The highest BCUT2D eigenvalue weighted by molar-refractivity contribution is 6.07. The maximum atomic E-state index is 10.5. The summed E-state index contributed by atoms with van der Waals surface area (Å²) < 4.78 is 7.88. The molecule has 1 aromatic heterocycles. The summed E-state index contributed by atoms with van der Waals surface area (Å²) in [5, 5.41) is 15.2. The van der Waals surface area contributed by atoms with E-state index in [0.717, 1.165) is 19.6 Å². The standard InChI is InChI=1S/C20H24N2O2/c23-15(12-21-13-16-6-5-11-24-16)14-22-19-9-3-1-7-17(19)18-8-2-4-10-20(18)22/h1-4,7-10,15-16,21,23H,5-6,11-14H2/p+1/t15-,16+/m0/s1. The molecule has 4 rings (SSSR count). The highest BCUT2D eigenvalue weighted by atomic mass is 16.5. The van der Waals surface area contributed by atoms with Crippen LogP contribution < -0.4 is 5.32 Å². The molecule has 24 heavy (non-hydrogen) atoms. The largest absolute Gasteiger partial charge is 0.385 e. The Morgan fingerprint density at radius 2 is 1.75 bits per heavy atom. The number of nitrogens with zero attached hydrogens (tertiary/aromatic N) is 1. The number of nitrogens with two attached hydrogens (primary N) is 1. The molecule has 4 heteroatoms. The van der Waals surface area contributed by atoms with Crippen LogP contribution in [0.15, 0.2) is 48.5 Å². The third-order valence-electron chi connectivity index (χ3n) is 4.97. The van der Waals surface area contributed by atoms with Gasteiger partial charge in [-0.15, -0.1) is 0 Å². The second kappa shape index (κ2) is 6.93.